The number of hydrogen-bond donors (Lipinski definition) is 2. The third-order valence-corrected chi connectivity index (χ3v) is 6.03. The van der Waals surface area contributed by atoms with Crippen molar-refractivity contribution in [2.24, 2.45) is 0 Å². The van der Waals surface area contributed by atoms with Gasteiger partial charge in [-0.05, 0) is 44.4 Å². The van der Waals surface area contributed by atoms with E-state index in [1.807, 2.05) is 13.0 Å². The van der Waals surface area contributed by atoms with Crippen LogP contribution in [0, 0.1) is 6.92 Å². The Hall–Kier alpha value is -1.90. The molecule has 1 saturated heterocycles. The van der Waals surface area contributed by atoms with Gasteiger partial charge in [-0.25, -0.2) is 23.1 Å². The van der Waals surface area contributed by atoms with Crippen LogP contribution in [0.2, 0.25) is 5.02 Å². The molecular formula is C18H24ClN5O2S. The summed E-state index contributed by atoms with van der Waals surface area (Å²) in [5.74, 6) is 2.31. The number of nitrogens with zero attached hydrogens (tertiary/aromatic N) is 3. The largest absolute Gasteiger partial charge is 0.369 e. The summed E-state index contributed by atoms with van der Waals surface area (Å²) in [6.45, 7) is 4.53. The minimum absolute atomic E-state index is 0.153. The number of halogens is 1. The number of anilines is 2. The van der Waals surface area contributed by atoms with Crippen molar-refractivity contribution < 1.29 is 8.42 Å². The van der Waals surface area contributed by atoms with Crippen LogP contribution in [0.5, 0.6) is 0 Å². The van der Waals surface area contributed by atoms with E-state index in [1.54, 1.807) is 12.1 Å². The first-order valence-corrected chi connectivity index (χ1v) is 10.9. The van der Waals surface area contributed by atoms with Crippen LogP contribution in [-0.2, 0) is 10.0 Å². The lowest BCUT2D eigenvalue weighted by Crippen LogP contribution is -2.31. The Bertz CT molecular complexity index is 885. The summed E-state index contributed by atoms with van der Waals surface area (Å²) in [6.07, 6.45) is 3.62. The van der Waals surface area contributed by atoms with Crippen LogP contribution in [0.4, 0.5) is 11.6 Å². The number of hydrogen-bond acceptors (Lipinski definition) is 6. The molecule has 0 aliphatic carbocycles. The number of benzene rings is 1. The number of rotatable bonds is 7. The Morgan fingerprint density at radius 3 is 2.63 bits per heavy atom. The van der Waals surface area contributed by atoms with Crippen LogP contribution in [0.3, 0.4) is 0 Å². The lowest BCUT2D eigenvalue weighted by molar-refractivity contribution is 0.572. The van der Waals surface area contributed by atoms with E-state index in [4.69, 9.17) is 11.6 Å². The molecule has 27 heavy (non-hydrogen) atoms. The smallest absolute Gasteiger partial charge is 0.240 e. The van der Waals surface area contributed by atoms with Gasteiger partial charge >= 0.3 is 0 Å². The SMILES string of the molecule is Cc1nc(NCCNS(=O)(=O)c2cccc(Cl)c2)cc(N2CCCCC2)n1. The van der Waals surface area contributed by atoms with Gasteiger partial charge in [0.25, 0.3) is 0 Å². The molecule has 1 aliphatic rings. The zero-order valence-electron chi connectivity index (χ0n) is 15.3. The van der Waals surface area contributed by atoms with E-state index in [-0.39, 0.29) is 11.4 Å². The summed E-state index contributed by atoms with van der Waals surface area (Å²) in [7, 11) is -3.59. The van der Waals surface area contributed by atoms with Crippen LogP contribution in [-0.4, -0.2) is 44.6 Å². The second-order valence-corrected chi connectivity index (χ2v) is 8.69. The van der Waals surface area contributed by atoms with Crippen molar-refractivity contribution in [2.45, 2.75) is 31.1 Å². The molecule has 0 bridgehead atoms. The number of sulfonamides is 1. The van der Waals surface area contributed by atoms with Gasteiger partial charge in [-0.1, -0.05) is 17.7 Å². The van der Waals surface area contributed by atoms with E-state index >= 15 is 0 Å². The highest BCUT2D eigenvalue weighted by molar-refractivity contribution is 7.89. The summed E-state index contributed by atoms with van der Waals surface area (Å²) in [4.78, 5) is 11.3. The zero-order chi connectivity index (χ0) is 19.3. The minimum Gasteiger partial charge on any atom is -0.369 e. The molecule has 2 heterocycles. The third kappa shape index (κ3) is 5.54. The molecule has 2 aromatic rings. The summed E-state index contributed by atoms with van der Waals surface area (Å²) < 4.78 is 27.1. The molecule has 146 valence electrons. The van der Waals surface area contributed by atoms with E-state index in [1.165, 1.54) is 31.4 Å². The van der Waals surface area contributed by atoms with Crippen LogP contribution < -0.4 is 14.9 Å². The van der Waals surface area contributed by atoms with E-state index < -0.39 is 10.0 Å². The number of nitrogens with one attached hydrogen (secondary N) is 2. The van der Waals surface area contributed by atoms with Gasteiger partial charge in [0, 0.05) is 37.3 Å². The fraction of sp³-hybridized carbons (Fsp3) is 0.444. The van der Waals surface area contributed by atoms with Crippen LogP contribution >= 0.6 is 11.6 Å². The summed E-state index contributed by atoms with van der Waals surface area (Å²) in [6, 6.07) is 8.11. The first-order valence-electron chi connectivity index (χ1n) is 9.04. The lowest BCUT2D eigenvalue weighted by atomic mass is 10.1. The highest BCUT2D eigenvalue weighted by Gasteiger charge is 2.15. The van der Waals surface area contributed by atoms with E-state index in [0.717, 1.165) is 18.9 Å². The second-order valence-electron chi connectivity index (χ2n) is 6.49. The lowest BCUT2D eigenvalue weighted by Gasteiger charge is -2.28. The first-order chi connectivity index (χ1) is 12.9. The summed E-state index contributed by atoms with van der Waals surface area (Å²) in [5, 5.41) is 3.56. The first kappa shape index (κ1) is 19.9. The van der Waals surface area contributed by atoms with Gasteiger partial charge in [-0.3, -0.25) is 0 Å². The van der Waals surface area contributed by atoms with Crippen molar-refractivity contribution in [1.29, 1.82) is 0 Å². The topological polar surface area (TPSA) is 87.2 Å². The molecule has 1 aromatic carbocycles. The molecule has 1 aromatic heterocycles. The highest BCUT2D eigenvalue weighted by atomic mass is 35.5. The molecule has 0 atom stereocenters. The Labute approximate surface area is 165 Å². The van der Waals surface area contributed by atoms with E-state index in [9.17, 15) is 8.42 Å². The maximum absolute atomic E-state index is 12.3. The van der Waals surface area contributed by atoms with Crippen molar-refractivity contribution in [3.05, 3.63) is 41.2 Å². The maximum Gasteiger partial charge on any atom is 0.240 e. The van der Waals surface area contributed by atoms with Crippen molar-refractivity contribution in [3.8, 4) is 0 Å². The molecule has 3 rings (SSSR count). The van der Waals surface area contributed by atoms with Crippen molar-refractivity contribution >= 4 is 33.3 Å². The second kappa shape index (κ2) is 8.86. The van der Waals surface area contributed by atoms with E-state index in [0.29, 0.717) is 23.2 Å². The van der Waals surface area contributed by atoms with Gasteiger partial charge in [0.1, 0.15) is 17.5 Å². The van der Waals surface area contributed by atoms with Crippen molar-refractivity contribution in [2.75, 3.05) is 36.4 Å². The normalized spacial score (nSPS) is 15.0. The van der Waals surface area contributed by atoms with Gasteiger partial charge in [-0.2, -0.15) is 0 Å². The van der Waals surface area contributed by atoms with Gasteiger partial charge in [0.15, 0.2) is 0 Å². The summed E-state index contributed by atoms with van der Waals surface area (Å²) >= 11 is 5.86. The summed E-state index contributed by atoms with van der Waals surface area (Å²) in [5.41, 5.74) is 0. The quantitative estimate of drug-likeness (QED) is 0.684. The predicted octanol–water partition coefficient (Wildman–Crippen LogP) is 2.82. The highest BCUT2D eigenvalue weighted by Crippen LogP contribution is 2.20. The molecule has 1 fully saturated rings. The third-order valence-electron chi connectivity index (χ3n) is 4.33. The Kier molecular flexibility index (Phi) is 6.51. The van der Waals surface area contributed by atoms with Crippen LogP contribution in [0.15, 0.2) is 35.2 Å². The fourth-order valence-electron chi connectivity index (χ4n) is 3.02. The van der Waals surface area contributed by atoms with Crippen molar-refractivity contribution in [1.82, 2.24) is 14.7 Å². The molecule has 0 amide bonds. The maximum atomic E-state index is 12.3. The average Bonchev–Trinajstić information content (AvgIpc) is 2.66. The molecule has 0 saturated carbocycles. The Balaban J connectivity index is 1.56. The molecule has 1 aliphatic heterocycles. The standard InChI is InChI=1S/C18H24ClN5O2S/c1-14-22-17(13-18(23-14)24-10-3-2-4-11-24)20-8-9-21-27(25,26)16-7-5-6-15(19)12-16/h5-7,12-13,21H,2-4,8-11H2,1H3,(H,20,22,23). The van der Waals surface area contributed by atoms with Crippen LogP contribution in [0.25, 0.3) is 0 Å². The average molecular weight is 410 g/mol. The molecule has 9 heteroatoms. The molecule has 2 N–H and O–H groups in total. The van der Waals surface area contributed by atoms with Crippen molar-refractivity contribution in [3.63, 3.8) is 0 Å². The minimum atomic E-state index is -3.59. The number of aromatic nitrogens is 2. The number of piperidine rings is 1. The van der Waals surface area contributed by atoms with Gasteiger partial charge < -0.3 is 10.2 Å². The van der Waals surface area contributed by atoms with E-state index in [2.05, 4.69) is 24.9 Å². The zero-order valence-corrected chi connectivity index (χ0v) is 16.9. The van der Waals surface area contributed by atoms with Gasteiger partial charge in [0.2, 0.25) is 10.0 Å². The molecular weight excluding hydrogens is 386 g/mol. The number of aryl methyl sites for hydroxylation is 1. The Morgan fingerprint density at radius 2 is 1.89 bits per heavy atom. The molecule has 7 nitrogen and oxygen atoms in total. The predicted molar refractivity (Wildman–Crippen MR) is 108 cm³/mol. The molecule has 0 spiro atoms. The van der Waals surface area contributed by atoms with Gasteiger partial charge in [-0.15, -0.1) is 0 Å². The molecule has 0 unspecified atom stereocenters. The Morgan fingerprint density at radius 1 is 1.11 bits per heavy atom. The van der Waals surface area contributed by atoms with Gasteiger partial charge in [0.05, 0.1) is 4.90 Å². The molecule has 0 radical (unpaired) electrons. The fourth-order valence-corrected chi connectivity index (χ4v) is 4.35. The van der Waals surface area contributed by atoms with Crippen LogP contribution in [0.1, 0.15) is 25.1 Å². The monoisotopic (exact) mass is 409 g/mol.